The Morgan fingerprint density at radius 2 is 2.04 bits per heavy atom. The van der Waals surface area contributed by atoms with Crippen molar-refractivity contribution in [2.24, 2.45) is 0 Å². The Morgan fingerprint density at radius 1 is 1.22 bits per heavy atom. The third-order valence-corrected chi connectivity index (χ3v) is 5.03. The molecule has 3 aromatic rings. The van der Waals surface area contributed by atoms with Crippen LogP contribution in [0.5, 0.6) is 0 Å². The molecule has 120 valence electrons. The van der Waals surface area contributed by atoms with Gasteiger partial charge in [0.1, 0.15) is 18.7 Å². The van der Waals surface area contributed by atoms with Gasteiger partial charge in [-0.25, -0.2) is 4.79 Å². The molecular formula is C19H22NO2S+. The second-order valence-electron chi connectivity index (χ2n) is 6.23. The Kier molecular flexibility index (Phi) is 4.64. The maximum atomic E-state index is 11.8. The van der Waals surface area contributed by atoms with Gasteiger partial charge in [-0.1, -0.05) is 19.9 Å². The van der Waals surface area contributed by atoms with E-state index in [1.54, 1.807) is 17.4 Å². The van der Waals surface area contributed by atoms with Crippen LogP contribution in [0, 0.1) is 6.92 Å². The van der Waals surface area contributed by atoms with Gasteiger partial charge in [0.05, 0.1) is 4.88 Å². The fourth-order valence-corrected chi connectivity index (χ4v) is 3.68. The lowest BCUT2D eigenvalue weighted by Gasteiger charge is -2.12. The normalized spacial score (nSPS) is 11.5. The van der Waals surface area contributed by atoms with Crippen LogP contribution in [0.25, 0.3) is 11.0 Å². The van der Waals surface area contributed by atoms with E-state index in [1.165, 1.54) is 16.0 Å². The molecule has 0 fully saturated rings. The molecule has 3 nitrogen and oxygen atoms in total. The Balaban J connectivity index is 1.94. The van der Waals surface area contributed by atoms with Crippen molar-refractivity contribution in [2.45, 2.75) is 39.8 Å². The highest BCUT2D eigenvalue weighted by atomic mass is 32.1. The minimum Gasteiger partial charge on any atom is -0.423 e. The van der Waals surface area contributed by atoms with Crippen LogP contribution in [0.2, 0.25) is 0 Å². The molecule has 4 heteroatoms. The number of hydrogen-bond acceptors (Lipinski definition) is 3. The second kappa shape index (κ2) is 6.69. The third kappa shape index (κ3) is 3.54. The van der Waals surface area contributed by atoms with Crippen LogP contribution < -0.4 is 10.9 Å². The summed E-state index contributed by atoms with van der Waals surface area (Å²) < 4.78 is 5.40. The smallest absolute Gasteiger partial charge is 0.336 e. The SMILES string of the molecule is Cc1cc2oc(=O)cc(C[NH2+]Cc3cccs3)c2cc1C(C)C. The van der Waals surface area contributed by atoms with E-state index in [0.717, 1.165) is 24.0 Å². The van der Waals surface area contributed by atoms with Crippen LogP contribution in [0.4, 0.5) is 0 Å². The Hall–Kier alpha value is -1.91. The summed E-state index contributed by atoms with van der Waals surface area (Å²) in [5.41, 5.74) is 3.96. The third-order valence-electron chi connectivity index (χ3n) is 4.13. The summed E-state index contributed by atoms with van der Waals surface area (Å²) in [6, 6.07) is 10.0. The van der Waals surface area contributed by atoms with Gasteiger partial charge in [-0.3, -0.25) is 0 Å². The topological polar surface area (TPSA) is 46.8 Å². The van der Waals surface area contributed by atoms with Gasteiger partial charge in [-0.05, 0) is 47.5 Å². The van der Waals surface area contributed by atoms with E-state index in [0.29, 0.717) is 11.5 Å². The van der Waals surface area contributed by atoms with Crippen molar-refractivity contribution in [3.05, 3.63) is 67.7 Å². The Labute approximate surface area is 140 Å². The zero-order valence-electron chi connectivity index (χ0n) is 13.8. The number of fused-ring (bicyclic) bond motifs is 1. The van der Waals surface area contributed by atoms with Crippen molar-refractivity contribution in [2.75, 3.05) is 0 Å². The molecule has 0 atom stereocenters. The molecule has 0 aliphatic carbocycles. The predicted molar refractivity (Wildman–Crippen MR) is 95.0 cm³/mol. The highest BCUT2D eigenvalue weighted by Gasteiger charge is 2.12. The van der Waals surface area contributed by atoms with Crippen LogP contribution in [-0.2, 0) is 13.1 Å². The molecule has 2 aromatic heterocycles. The fraction of sp³-hybridized carbons (Fsp3) is 0.316. The second-order valence-corrected chi connectivity index (χ2v) is 7.26. The lowest BCUT2D eigenvalue weighted by Crippen LogP contribution is -2.80. The number of benzene rings is 1. The molecule has 0 amide bonds. The molecule has 0 saturated carbocycles. The van der Waals surface area contributed by atoms with E-state index >= 15 is 0 Å². The monoisotopic (exact) mass is 328 g/mol. The van der Waals surface area contributed by atoms with Gasteiger partial charge in [0.25, 0.3) is 0 Å². The zero-order chi connectivity index (χ0) is 16.4. The van der Waals surface area contributed by atoms with E-state index in [9.17, 15) is 4.79 Å². The summed E-state index contributed by atoms with van der Waals surface area (Å²) in [6.07, 6.45) is 0. The van der Waals surface area contributed by atoms with E-state index in [1.807, 2.05) is 6.07 Å². The first-order valence-electron chi connectivity index (χ1n) is 7.96. The van der Waals surface area contributed by atoms with Crippen LogP contribution >= 0.6 is 11.3 Å². The molecule has 3 rings (SSSR count). The fourth-order valence-electron chi connectivity index (χ4n) is 2.98. The minimum absolute atomic E-state index is 0.270. The number of thiophene rings is 1. The number of quaternary nitrogens is 1. The molecule has 1 aromatic carbocycles. The van der Waals surface area contributed by atoms with Gasteiger partial charge in [0.15, 0.2) is 0 Å². The van der Waals surface area contributed by atoms with Crippen molar-refractivity contribution in [1.29, 1.82) is 0 Å². The first kappa shape index (κ1) is 16.0. The van der Waals surface area contributed by atoms with Crippen LogP contribution in [0.15, 0.2) is 44.9 Å². The highest BCUT2D eigenvalue weighted by Crippen LogP contribution is 2.26. The van der Waals surface area contributed by atoms with Crippen molar-refractivity contribution < 1.29 is 9.73 Å². The zero-order valence-corrected chi connectivity index (χ0v) is 14.6. The molecule has 0 spiro atoms. The van der Waals surface area contributed by atoms with Crippen LogP contribution in [0.3, 0.4) is 0 Å². The largest absolute Gasteiger partial charge is 0.423 e. The van der Waals surface area contributed by atoms with E-state index < -0.39 is 0 Å². The van der Waals surface area contributed by atoms with Gasteiger partial charge < -0.3 is 9.73 Å². The molecule has 0 saturated heterocycles. The standard InChI is InChI=1S/C19H21NO2S/c1-12(2)16-9-17-14(10-20-11-15-5-4-6-23-15)8-19(21)22-18(17)7-13(16)3/h4-9,12,20H,10-11H2,1-3H3/p+1. The Morgan fingerprint density at radius 3 is 2.74 bits per heavy atom. The maximum absolute atomic E-state index is 11.8. The lowest BCUT2D eigenvalue weighted by molar-refractivity contribution is -0.685. The molecule has 0 unspecified atom stereocenters. The average molecular weight is 328 g/mol. The van der Waals surface area contributed by atoms with E-state index in [4.69, 9.17) is 4.42 Å². The molecule has 0 radical (unpaired) electrons. The highest BCUT2D eigenvalue weighted by molar-refractivity contribution is 7.09. The van der Waals surface area contributed by atoms with Gasteiger partial charge in [0, 0.05) is 17.0 Å². The predicted octanol–water partition coefficient (Wildman–Crippen LogP) is 3.55. The first-order chi connectivity index (χ1) is 11.0. The molecule has 0 aliphatic heterocycles. The number of aryl methyl sites for hydroxylation is 1. The molecule has 2 heterocycles. The van der Waals surface area contributed by atoms with Crippen molar-refractivity contribution >= 4 is 22.3 Å². The summed E-state index contributed by atoms with van der Waals surface area (Å²) in [5, 5.41) is 5.38. The minimum atomic E-state index is -0.270. The summed E-state index contributed by atoms with van der Waals surface area (Å²) in [4.78, 5) is 13.2. The quantitative estimate of drug-likeness (QED) is 0.728. The number of hydrogen-bond donors (Lipinski definition) is 1. The number of nitrogens with two attached hydrogens (primary N) is 1. The molecule has 0 aliphatic rings. The molecule has 2 N–H and O–H groups in total. The van der Waals surface area contributed by atoms with Gasteiger partial charge >= 0.3 is 5.63 Å². The van der Waals surface area contributed by atoms with E-state index in [2.05, 4.69) is 49.7 Å². The Bertz CT molecular complexity index is 863. The van der Waals surface area contributed by atoms with Gasteiger partial charge in [-0.2, -0.15) is 0 Å². The number of rotatable bonds is 5. The maximum Gasteiger partial charge on any atom is 0.336 e. The van der Waals surface area contributed by atoms with Crippen LogP contribution in [0.1, 0.15) is 41.3 Å². The van der Waals surface area contributed by atoms with Crippen LogP contribution in [-0.4, -0.2) is 0 Å². The average Bonchev–Trinajstić information content (AvgIpc) is 2.99. The van der Waals surface area contributed by atoms with Gasteiger partial charge in [-0.15, -0.1) is 11.3 Å². The van der Waals surface area contributed by atoms with Crippen molar-refractivity contribution in [3.8, 4) is 0 Å². The van der Waals surface area contributed by atoms with Crippen molar-refractivity contribution in [1.82, 2.24) is 0 Å². The molecule has 23 heavy (non-hydrogen) atoms. The summed E-state index contributed by atoms with van der Waals surface area (Å²) in [5.74, 6) is 0.453. The lowest BCUT2D eigenvalue weighted by atomic mass is 9.95. The van der Waals surface area contributed by atoms with E-state index in [-0.39, 0.29) is 5.63 Å². The summed E-state index contributed by atoms with van der Waals surface area (Å²) >= 11 is 1.76. The van der Waals surface area contributed by atoms with Gasteiger partial charge in [0.2, 0.25) is 0 Å². The van der Waals surface area contributed by atoms with Crippen molar-refractivity contribution in [3.63, 3.8) is 0 Å². The molecular weight excluding hydrogens is 306 g/mol. The summed E-state index contributed by atoms with van der Waals surface area (Å²) in [6.45, 7) is 8.17. The first-order valence-corrected chi connectivity index (χ1v) is 8.84. The summed E-state index contributed by atoms with van der Waals surface area (Å²) in [7, 11) is 0. The molecule has 0 bridgehead atoms.